The fourth-order valence-electron chi connectivity index (χ4n) is 3.55. The molecule has 2 fully saturated rings. The van der Waals surface area contributed by atoms with Crippen molar-refractivity contribution in [2.75, 3.05) is 19.3 Å². The summed E-state index contributed by atoms with van der Waals surface area (Å²) in [6.45, 7) is 2.12. The van der Waals surface area contributed by atoms with Crippen molar-refractivity contribution in [3.8, 4) is 0 Å². The Balaban J connectivity index is 1.77. The van der Waals surface area contributed by atoms with E-state index in [2.05, 4.69) is 5.32 Å². The molecule has 1 spiro atoms. The summed E-state index contributed by atoms with van der Waals surface area (Å²) in [6, 6.07) is 3.65. The van der Waals surface area contributed by atoms with Gasteiger partial charge >= 0.3 is 6.18 Å². The fourth-order valence-corrected chi connectivity index (χ4v) is 4.37. The zero-order valence-corrected chi connectivity index (χ0v) is 12.6. The average molecular weight is 317 g/mol. The van der Waals surface area contributed by atoms with Crippen molar-refractivity contribution in [3.05, 3.63) is 29.3 Å². The summed E-state index contributed by atoms with van der Waals surface area (Å²) >= 11 is 0. The molecule has 0 aromatic heterocycles. The molecule has 1 aromatic carbocycles. The summed E-state index contributed by atoms with van der Waals surface area (Å²) in [5, 5.41) is 3.27. The second-order valence-corrected chi connectivity index (χ2v) is 7.70. The average Bonchev–Trinajstić information content (AvgIpc) is 2.29. The van der Waals surface area contributed by atoms with E-state index in [4.69, 9.17) is 0 Å². The Morgan fingerprint density at radius 2 is 2.00 bits per heavy atom. The molecule has 2 nitrogen and oxygen atoms in total. The molecular weight excluding hydrogens is 299 g/mol. The molecule has 1 unspecified atom stereocenters. The van der Waals surface area contributed by atoms with E-state index in [0.29, 0.717) is 16.2 Å². The second-order valence-electron chi connectivity index (χ2n) is 6.36. The standard InChI is InChI=1S/C15H18F3NOS/c1-21(20)13-5-12(15(16,17)18)3-2-11(13)4-10-6-14(7-10)8-19-9-14/h2-3,5,10,19H,4,6-9H2,1H3. The molecule has 0 bridgehead atoms. The molecule has 1 aliphatic carbocycles. The molecule has 2 aliphatic rings. The molecule has 1 N–H and O–H groups in total. The molecular formula is C15H18F3NOS. The van der Waals surface area contributed by atoms with Gasteiger partial charge in [-0.1, -0.05) is 6.07 Å². The van der Waals surface area contributed by atoms with Gasteiger partial charge in [0.1, 0.15) is 0 Å². The number of hydrogen-bond donors (Lipinski definition) is 1. The third kappa shape index (κ3) is 2.88. The van der Waals surface area contributed by atoms with Gasteiger partial charge in [-0.2, -0.15) is 13.2 Å². The van der Waals surface area contributed by atoms with E-state index in [-0.39, 0.29) is 0 Å². The van der Waals surface area contributed by atoms with E-state index in [1.165, 1.54) is 12.3 Å². The van der Waals surface area contributed by atoms with Crippen LogP contribution in [0.2, 0.25) is 0 Å². The van der Waals surface area contributed by atoms with Crippen LogP contribution in [-0.2, 0) is 23.4 Å². The number of hydrogen-bond acceptors (Lipinski definition) is 2. The Bertz CT molecular complexity index is 573. The first-order valence-corrected chi connectivity index (χ1v) is 8.59. The molecule has 1 heterocycles. The monoisotopic (exact) mass is 317 g/mol. The highest BCUT2D eigenvalue weighted by Crippen LogP contribution is 2.49. The first-order chi connectivity index (χ1) is 9.79. The summed E-state index contributed by atoms with van der Waals surface area (Å²) in [5.74, 6) is 0.506. The third-order valence-corrected chi connectivity index (χ3v) is 5.66. The maximum atomic E-state index is 12.8. The number of nitrogens with one attached hydrogen (secondary N) is 1. The molecule has 1 saturated heterocycles. The highest BCUT2D eigenvalue weighted by Gasteiger charge is 2.48. The van der Waals surface area contributed by atoms with Crippen LogP contribution in [0, 0.1) is 11.3 Å². The smallest absolute Gasteiger partial charge is 0.316 e. The minimum atomic E-state index is -4.38. The van der Waals surface area contributed by atoms with Crippen LogP contribution in [-0.4, -0.2) is 23.6 Å². The van der Waals surface area contributed by atoms with Crippen LogP contribution in [0.15, 0.2) is 23.1 Å². The van der Waals surface area contributed by atoms with Crippen molar-refractivity contribution >= 4 is 10.8 Å². The summed E-state index contributed by atoms with van der Waals surface area (Å²) < 4.78 is 50.0. The number of halogens is 3. The van der Waals surface area contributed by atoms with Crippen LogP contribution in [0.3, 0.4) is 0 Å². The molecule has 116 valence electrons. The van der Waals surface area contributed by atoms with Gasteiger partial charge in [0, 0.05) is 24.2 Å². The molecule has 1 aliphatic heterocycles. The molecule has 3 rings (SSSR count). The van der Waals surface area contributed by atoms with E-state index < -0.39 is 22.5 Å². The van der Waals surface area contributed by atoms with E-state index in [1.54, 1.807) is 0 Å². The molecule has 1 saturated carbocycles. The lowest BCUT2D eigenvalue weighted by Crippen LogP contribution is -2.60. The van der Waals surface area contributed by atoms with Crippen molar-refractivity contribution in [1.29, 1.82) is 0 Å². The lowest BCUT2D eigenvalue weighted by Gasteiger charge is -2.54. The van der Waals surface area contributed by atoms with Gasteiger partial charge in [-0.3, -0.25) is 4.21 Å². The van der Waals surface area contributed by atoms with Gasteiger partial charge in [0.2, 0.25) is 0 Å². The summed E-state index contributed by atoms with van der Waals surface area (Å²) in [7, 11) is -1.40. The predicted octanol–water partition coefficient (Wildman–Crippen LogP) is 2.98. The van der Waals surface area contributed by atoms with Crippen molar-refractivity contribution in [2.45, 2.75) is 30.3 Å². The van der Waals surface area contributed by atoms with Gasteiger partial charge in [-0.05, 0) is 48.3 Å². The van der Waals surface area contributed by atoms with Crippen LogP contribution in [0.25, 0.3) is 0 Å². The van der Waals surface area contributed by atoms with Crippen LogP contribution >= 0.6 is 0 Å². The maximum absolute atomic E-state index is 12.8. The lowest BCUT2D eigenvalue weighted by molar-refractivity contribution is -0.137. The topological polar surface area (TPSA) is 29.1 Å². The summed E-state index contributed by atoms with van der Waals surface area (Å²) in [6.07, 6.45) is 0.0320. The van der Waals surface area contributed by atoms with Gasteiger partial charge in [-0.15, -0.1) is 0 Å². The summed E-state index contributed by atoms with van der Waals surface area (Å²) in [4.78, 5) is 0.331. The van der Waals surface area contributed by atoms with Crippen LogP contribution in [0.1, 0.15) is 24.0 Å². The first-order valence-electron chi connectivity index (χ1n) is 7.03. The molecule has 21 heavy (non-hydrogen) atoms. The molecule has 1 atom stereocenters. The second kappa shape index (κ2) is 5.09. The first kappa shape index (κ1) is 15.0. The van der Waals surface area contributed by atoms with Crippen molar-refractivity contribution in [1.82, 2.24) is 5.32 Å². The largest absolute Gasteiger partial charge is 0.416 e. The molecule has 1 aromatic rings. The Morgan fingerprint density at radius 3 is 2.48 bits per heavy atom. The Morgan fingerprint density at radius 1 is 1.33 bits per heavy atom. The minimum Gasteiger partial charge on any atom is -0.316 e. The third-order valence-electron chi connectivity index (χ3n) is 4.66. The predicted molar refractivity (Wildman–Crippen MR) is 75.5 cm³/mol. The molecule has 0 radical (unpaired) electrons. The Hall–Kier alpha value is -0.880. The van der Waals surface area contributed by atoms with E-state index in [0.717, 1.165) is 50.0 Å². The maximum Gasteiger partial charge on any atom is 0.416 e. The van der Waals surface area contributed by atoms with Crippen LogP contribution < -0.4 is 5.32 Å². The molecule has 0 amide bonds. The highest BCUT2D eigenvalue weighted by atomic mass is 32.2. The highest BCUT2D eigenvalue weighted by molar-refractivity contribution is 7.84. The van der Waals surface area contributed by atoms with E-state index >= 15 is 0 Å². The lowest BCUT2D eigenvalue weighted by atomic mass is 9.57. The summed E-state index contributed by atoms with van der Waals surface area (Å²) in [5.41, 5.74) is 0.531. The van der Waals surface area contributed by atoms with E-state index in [1.807, 2.05) is 0 Å². The normalized spacial score (nSPS) is 22.7. The van der Waals surface area contributed by atoms with Crippen molar-refractivity contribution in [2.24, 2.45) is 11.3 Å². The van der Waals surface area contributed by atoms with E-state index in [9.17, 15) is 17.4 Å². The van der Waals surface area contributed by atoms with Gasteiger partial charge in [-0.25, -0.2) is 0 Å². The van der Waals surface area contributed by atoms with Crippen LogP contribution in [0.5, 0.6) is 0 Å². The minimum absolute atomic E-state index is 0.331. The zero-order valence-electron chi connectivity index (χ0n) is 11.8. The van der Waals surface area contributed by atoms with Gasteiger partial charge in [0.05, 0.1) is 16.4 Å². The van der Waals surface area contributed by atoms with Crippen molar-refractivity contribution < 1.29 is 17.4 Å². The van der Waals surface area contributed by atoms with Gasteiger partial charge in [0.15, 0.2) is 0 Å². The SMILES string of the molecule is CS(=O)c1cc(C(F)(F)F)ccc1CC1CC2(CNC2)C1. The molecule has 6 heteroatoms. The Labute approximate surface area is 124 Å². The van der Waals surface area contributed by atoms with Crippen molar-refractivity contribution in [3.63, 3.8) is 0 Å². The van der Waals surface area contributed by atoms with Crippen LogP contribution in [0.4, 0.5) is 13.2 Å². The quantitative estimate of drug-likeness (QED) is 0.928. The number of alkyl halides is 3. The van der Waals surface area contributed by atoms with Gasteiger partial charge < -0.3 is 5.32 Å². The number of rotatable bonds is 3. The fraction of sp³-hybridized carbons (Fsp3) is 0.600. The number of benzene rings is 1. The zero-order chi connectivity index (χ0) is 15.3. The Kier molecular flexibility index (Phi) is 3.64. The van der Waals surface area contributed by atoms with Gasteiger partial charge in [0.25, 0.3) is 0 Å².